The molecule has 3 N–H and O–H groups in total. The minimum Gasteiger partial charge on any atom is -0.382 e. The highest BCUT2D eigenvalue weighted by molar-refractivity contribution is 5.85. The van der Waals surface area contributed by atoms with Crippen molar-refractivity contribution < 1.29 is 18.3 Å². The van der Waals surface area contributed by atoms with Crippen LogP contribution in [0.4, 0.5) is 13.2 Å². The number of hydrogen-bond donors (Lipinski definition) is 2. The van der Waals surface area contributed by atoms with Crippen LogP contribution in [0.2, 0.25) is 0 Å². The molecule has 0 amide bonds. The molecular weight excluding hydrogens is 170 g/mol. The fourth-order valence-corrected chi connectivity index (χ4v) is 0.298. The Morgan fingerprint density at radius 3 is 1.70 bits per heavy atom. The van der Waals surface area contributed by atoms with Crippen LogP contribution in [0.5, 0.6) is 0 Å². The van der Waals surface area contributed by atoms with Crippen molar-refractivity contribution >= 4 is 12.4 Å². The van der Waals surface area contributed by atoms with Crippen LogP contribution in [-0.2, 0) is 0 Å². The quantitative estimate of drug-likeness (QED) is 0.622. The second kappa shape index (κ2) is 4.00. The molecule has 0 aliphatic rings. The van der Waals surface area contributed by atoms with E-state index in [1.54, 1.807) is 0 Å². The fraction of sp³-hybridized carbons (Fsp3) is 1.00. The Morgan fingerprint density at radius 2 is 1.70 bits per heavy atom. The summed E-state index contributed by atoms with van der Waals surface area (Å²) in [6.45, 7) is 1.10. The van der Waals surface area contributed by atoms with E-state index in [4.69, 9.17) is 10.8 Å². The molecular formula is C4H9ClF3NO. The van der Waals surface area contributed by atoms with Crippen LogP contribution in [-0.4, -0.2) is 23.4 Å². The van der Waals surface area contributed by atoms with Gasteiger partial charge in [0.15, 0.2) is 6.10 Å². The van der Waals surface area contributed by atoms with Gasteiger partial charge in [0.1, 0.15) is 0 Å². The van der Waals surface area contributed by atoms with Crippen LogP contribution in [0.3, 0.4) is 0 Å². The van der Waals surface area contributed by atoms with Gasteiger partial charge in [0.05, 0.1) is 0 Å². The second-order valence-electron chi connectivity index (χ2n) is 1.85. The maximum atomic E-state index is 11.4. The zero-order chi connectivity index (χ0) is 7.65. The van der Waals surface area contributed by atoms with Crippen molar-refractivity contribution in [1.82, 2.24) is 0 Å². The van der Waals surface area contributed by atoms with Gasteiger partial charge in [0.25, 0.3) is 0 Å². The maximum absolute atomic E-state index is 11.4. The van der Waals surface area contributed by atoms with Gasteiger partial charge in [0, 0.05) is 6.04 Å². The largest absolute Gasteiger partial charge is 0.415 e. The van der Waals surface area contributed by atoms with E-state index in [1.165, 1.54) is 0 Å². The molecule has 2 nitrogen and oxygen atoms in total. The molecule has 0 radical (unpaired) electrons. The van der Waals surface area contributed by atoms with Crippen LogP contribution in [0, 0.1) is 0 Å². The van der Waals surface area contributed by atoms with Crippen molar-refractivity contribution in [2.24, 2.45) is 5.73 Å². The molecule has 0 rings (SSSR count). The molecule has 6 heteroatoms. The molecule has 1 unspecified atom stereocenters. The Kier molecular flexibility index (Phi) is 5.06. The van der Waals surface area contributed by atoms with Gasteiger partial charge < -0.3 is 10.8 Å². The van der Waals surface area contributed by atoms with E-state index in [0.717, 1.165) is 6.92 Å². The molecule has 0 heterocycles. The van der Waals surface area contributed by atoms with E-state index in [2.05, 4.69) is 0 Å². The molecule has 0 aromatic rings. The van der Waals surface area contributed by atoms with E-state index in [9.17, 15) is 13.2 Å². The predicted octanol–water partition coefficient (Wildman–Crippen LogP) is 0.679. The normalized spacial score (nSPS) is 17.4. The van der Waals surface area contributed by atoms with Crippen molar-refractivity contribution in [3.63, 3.8) is 0 Å². The number of rotatable bonds is 1. The van der Waals surface area contributed by atoms with Crippen LogP contribution in [0.15, 0.2) is 0 Å². The lowest BCUT2D eigenvalue weighted by Crippen LogP contribution is -2.42. The topological polar surface area (TPSA) is 46.2 Å². The molecule has 0 saturated carbocycles. The molecule has 0 fully saturated rings. The minimum absolute atomic E-state index is 0. The van der Waals surface area contributed by atoms with Crippen molar-refractivity contribution in [2.45, 2.75) is 25.2 Å². The SMILES string of the molecule is C[C@H](N)C(O)C(F)(F)F.Cl. The first kappa shape index (κ1) is 12.7. The third kappa shape index (κ3) is 3.92. The number of alkyl halides is 3. The molecule has 2 atom stereocenters. The number of aliphatic hydroxyl groups is 1. The van der Waals surface area contributed by atoms with E-state index in [1.807, 2.05) is 0 Å². The highest BCUT2D eigenvalue weighted by Gasteiger charge is 2.40. The summed E-state index contributed by atoms with van der Waals surface area (Å²) in [5.74, 6) is 0. The van der Waals surface area contributed by atoms with Gasteiger partial charge in [-0.15, -0.1) is 12.4 Å². The molecule has 0 saturated heterocycles. The van der Waals surface area contributed by atoms with Gasteiger partial charge in [-0.05, 0) is 6.92 Å². The van der Waals surface area contributed by atoms with Gasteiger partial charge >= 0.3 is 6.18 Å². The average molecular weight is 180 g/mol. The first-order valence-corrected chi connectivity index (χ1v) is 2.36. The van der Waals surface area contributed by atoms with Gasteiger partial charge in [-0.2, -0.15) is 13.2 Å². The van der Waals surface area contributed by atoms with E-state index < -0.39 is 18.3 Å². The summed E-state index contributed by atoms with van der Waals surface area (Å²) < 4.78 is 34.1. The molecule has 0 aromatic carbocycles. The standard InChI is InChI=1S/C4H8F3NO.ClH/c1-2(8)3(9)4(5,6)7;/h2-3,9H,8H2,1H3;1H/t2-,3?;/m0./s1. The highest BCUT2D eigenvalue weighted by Crippen LogP contribution is 2.21. The average Bonchev–Trinajstić information content (AvgIpc) is 1.62. The predicted molar refractivity (Wildman–Crippen MR) is 33.0 cm³/mol. The van der Waals surface area contributed by atoms with Crippen LogP contribution in [0.1, 0.15) is 6.92 Å². The summed E-state index contributed by atoms with van der Waals surface area (Å²) >= 11 is 0. The molecule has 10 heavy (non-hydrogen) atoms. The van der Waals surface area contributed by atoms with Crippen LogP contribution in [0.25, 0.3) is 0 Å². The first-order chi connectivity index (χ1) is 3.85. The van der Waals surface area contributed by atoms with Crippen molar-refractivity contribution in [3.05, 3.63) is 0 Å². The zero-order valence-corrected chi connectivity index (χ0v) is 6.04. The Morgan fingerprint density at radius 1 is 1.40 bits per heavy atom. The molecule has 0 bridgehead atoms. The Bertz CT molecular complexity index is 95.0. The van der Waals surface area contributed by atoms with Gasteiger partial charge in [0.2, 0.25) is 0 Å². The van der Waals surface area contributed by atoms with E-state index in [-0.39, 0.29) is 12.4 Å². The highest BCUT2D eigenvalue weighted by atomic mass is 35.5. The second-order valence-corrected chi connectivity index (χ2v) is 1.85. The van der Waals surface area contributed by atoms with Crippen LogP contribution >= 0.6 is 12.4 Å². The van der Waals surface area contributed by atoms with Crippen LogP contribution < -0.4 is 5.73 Å². The Hall–Kier alpha value is -0.0000000000000000555. The lowest BCUT2D eigenvalue weighted by molar-refractivity contribution is -0.208. The maximum Gasteiger partial charge on any atom is 0.415 e. The minimum atomic E-state index is -4.59. The van der Waals surface area contributed by atoms with Gasteiger partial charge in [-0.25, -0.2) is 0 Å². The zero-order valence-electron chi connectivity index (χ0n) is 5.22. The molecule has 64 valence electrons. The Balaban J connectivity index is 0. The third-order valence-electron chi connectivity index (χ3n) is 0.833. The van der Waals surface area contributed by atoms with Gasteiger partial charge in [-0.1, -0.05) is 0 Å². The molecule has 0 aliphatic carbocycles. The van der Waals surface area contributed by atoms with Crippen molar-refractivity contribution in [3.8, 4) is 0 Å². The number of halogens is 4. The monoisotopic (exact) mass is 179 g/mol. The molecule has 0 aliphatic heterocycles. The van der Waals surface area contributed by atoms with E-state index in [0.29, 0.717) is 0 Å². The van der Waals surface area contributed by atoms with E-state index >= 15 is 0 Å². The summed E-state index contributed by atoms with van der Waals surface area (Å²) in [5, 5.41) is 8.21. The fourth-order valence-electron chi connectivity index (χ4n) is 0.298. The number of aliphatic hydroxyl groups excluding tert-OH is 1. The van der Waals surface area contributed by atoms with Crippen molar-refractivity contribution in [2.75, 3.05) is 0 Å². The lowest BCUT2D eigenvalue weighted by atomic mass is 10.2. The number of nitrogens with two attached hydrogens (primary N) is 1. The summed E-state index contributed by atoms with van der Waals surface area (Å²) in [7, 11) is 0. The summed E-state index contributed by atoms with van der Waals surface area (Å²) in [5.41, 5.74) is 4.75. The Labute approximate surface area is 62.6 Å². The number of hydrogen-bond acceptors (Lipinski definition) is 2. The summed E-state index contributed by atoms with van der Waals surface area (Å²) in [6.07, 6.45) is -6.99. The van der Waals surface area contributed by atoms with Gasteiger partial charge in [-0.3, -0.25) is 0 Å². The summed E-state index contributed by atoms with van der Waals surface area (Å²) in [4.78, 5) is 0. The van der Waals surface area contributed by atoms with Crippen molar-refractivity contribution in [1.29, 1.82) is 0 Å². The third-order valence-corrected chi connectivity index (χ3v) is 0.833. The molecule has 0 spiro atoms. The first-order valence-electron chi connectivity index (χ1n) is 2.36. The smallest absolute Gasteiger partial charge is 0.382 e. The molecule has 0 aromatic heterocycles. The lowest BCUT2D eigenvalue weighted by Gasteiger charge is -2.16. The summed E-state index contributed by atoms with van der Waals surface area (Å²) in [6, 6.07) is -1.26.